The third kappa shape index (κ3) is 2.84. The summed E-state index contributed by atoms with van der Waals surface area (Å²) in [6.07, 6.45) is 1.65. The van der Waals surface area contributed by atoms with Crippen LogP contribution in [0, 0.1) is 0 Å². The normalized spacial score (nSPS) is 9.47. The third-order valence-electron chi connectivity index (χ3n) is 1.93. The van der Waals surface area contributed by atoms with Crippen molar-refractivity contribution in [3.63, 3.8) is 0 Å². The van der Waals surface area contributed by atoms with Gasteiger partial charge >= 0.3 is 0 Å². The van der Waals surface area contributed by atoms with Crippen molar-refractivity contribution < 1.29 is 14.3 Å². The summed E-state index contributed by atoms with van der Waals surface area (Å²) in [5, 5.41) is 0. The zero-order valence-corrected chi connectivity index (χ0v) is 8.95. The fraction of sp³-hybridized carbons (Fsp3) is 0.250. The molecular weight excluding hydrogens is 192 g/mol. The van der Waals surface area contributed by atoms with Gasteiger partial charge < -0.3 is 9.47 Å². The number of rotatable bonds is 5. The van der Waals surface area contributed by atoms with Crippen molar-refractivity contribution >= 4 is 5.78 Å². The summed E-state index contributed by atoms with van der Waals surface area (Å²) >= 11 is 0. The molecule has 0 fully saturated rings. The lowest BCUT2D eigenvalue weighted by Crippen LogP contribution is -1.98. The molecule has 0 saturated carbocycles. The fourth-order valence-electron chi connectivity index (χ4n) is 1.15. The van der Waals surface area contributed by atoms with Crippen molar-refractivity contribution in [1.82, 2.24) is 0 Å². The Morgan fingerprint density at radius 2 is 2.20 bits per heavy atom. The number of Topliss-reactive ketones (excluding diaryl/α,β-unsaturated/α-hetero) is 1. The predicted octanol–water partition coefficient (Wildman–Crippen LogP) is 2.46. The van der Waals surface area contributed by atoms with Gasteiger partial charge in [0.1, 0.15) is 6.61 Å². The van der Waals surface area contributed by atoms with Gasteiger partial charge in [-0.25, -0.2) is 0 Å². The topological polar surface area (TPSA) is 35.5 Å². The van der Waals surface area contributed by atoms with Gasteiger partial charge in [-0.15, -0.1) is 0 Å². The van der Waals surface area contributed by atoms with Crippen LogP contribution < -0.4 is 9.47 Å². The quantitative estimate of drug-likeness (QED) is 0.548. The van der Waals surface area contributed by atoms with Crippen LogP contribution in [0.3, 0.4) is 0 Å². The van der Waals surface area contributed by atoms with Crippen LogP contribution in [-0.2, 0) is 0 Å². The van der Waals surface area contributed by atoms with E-state index in [-0.39, 0.29) is 5.78 Å². The van der Waals surface area contributed by atoms with E-state index in [0.29, 0.717) is 23.7 Å². The maximum absolute atomic E-state index is 11.1. The summed E-state index contributed by atoms with van der Waals surface area (Å²) in [5.74, 6) is 1.18. The molecule has 0 aliphatic heterocycles. The van der Waals surface area contributed by atoms with Gasteiger partial charge in [-0.05, 0) is 25.1 Å². The van der Waals surface area contributed by atoms with Gasteiger partial charge in [0.15, 0.2) is 17.3 Å². The van der Waals surface area contributed by atoms with Crippen molar-refractivity contribution in [2.75, 3.05) is 13.7 Å². The minimum absolute atomic E-state index is 0.00331. The van der Waals surface area contributed by atoms with E-state index < -0.39 is 0 Å². The molecule has 0 aliphatic carbocycles. The van der Waals surface area contributed by atoms with Gasteiger partial charge in [0.05, 0.1) is 7.11 Å². The van der Waals surface area contributed by atoms with Crippen LogP contribution in [0.2, 0.25) is 0 Å². The van der Waals surface area contributed by atoms with Gasteiger partial charge in [-0.1, -0.05) is 12.7 Å². The summed E-state index contributed by atoms with van der Waals surface area (Å²) < 4.78 is 10.5. The van der Waals surface area contributed by atoms with Gasteiger partial charge in [-0.3, -0.25) is 4.79 Å². The van der Waals surface area contributed by atoms with Gasteiger partial charge in [0.2, 0.25) is 0 Å². The second-order valence-corrected chi connectivity index (χ2v) is 3.02. The van der Waals surface area contributed by atoms with E-state index in [1.807, 2.05) is 0 Å². The minimum Gasteiger partial charge on any atom is -0.493 e. The van der Waals surface area contributed by atoms with Crippen LogP contribution in [-0.4, -0.2) is 19.5 Å². The van der Waals surface area contributed by atoms with Crippen molar-refractivity contribution in [3.05, 3.63) is 36.4 Å². The molecule has 1 rings (SSSR count). The Morgan fingerprint density at radius 1 is 1.47 bits per heavy atom. The minimum atomic E-state index is 0.00331. The third-order valence-corrected chi connectivity index (χ3v) is 1.93. The highest BCUT2D eigenvalue weighted by atomic mass is 16.5. The predicted molar refractivity (Wildman–Crippen MR) is 58.7 cm³/mol. The first-order chi connectivity index (χ1) is 7.19. The molecule has 3 nitrogen and oxygen atoms in total. The Balaban J connectivity index is 2.97. The summed E-state index contributed by atoms with van der Waals surface area (Å²) in [7, 11) is 1.54. The number of ether oxygens (including phenoxy) is 2. The highest BCUT2D eigenvalue weighted by molar-refractivity contribution is 5.94. The zero-order chi connectivity index (χ0) is 11.3. The Morgan fingerprint density at radius 3 is 2.73 bits per heavy atom. The Bertz CT molecular complexity index is 369. The molecule has 0 radical (unpaired) electrons. The molecule has 0 aromatic heterocycles. The van der Waals surface area contributed by atoms with E-state index in [0.717, 1.165) is 0 Å². The number of hydrogen-bond acceptors (Lipinski definition) is 3. The van der Waals surface area contributed by atoms with Crippen LogP contribution in [0.15, 0.2) is 30.9 Å². The number of carbonyl (C=O) groups excluding carboxylic acids is 1. The molecule has 0 aliphatic rings. The van der Waals surface area contributed by atoms with Gasteiger partial charge in [-0.2, -0.15) is 0 Å². The zero-order valence-electron chi connectivity index (χ0n) is 8.95. The lowest BCUT2D eigenvalue weighted by Gasteiger charge is -2.09. The Hall–Kier alpha value is -1.77. The first-order valence-electron chi connectivity index (χ1n) is 4.61. The highest BCUT2D eigenvalue weighted by Gasteiger charge is 2.07. The second kappa shape index (κ2) is 5.20. The molecule has 80 valence electrons. The Labute approximate surface area is 89.3 Å². The molecule has 0 spiro atoms. The molecule has 1 aromatic carbocycles. The summed E-state index contributed by atoms with van der Waals surface area (Å²) in [4.78, 5) is 11.1. The van der Waals surface area contributed by atoms with Crippen LogP contribution >= 0.6 is 0 Å². The Kier molecular flexibility index (Phi) is 3.92. The lowest BCUT2D eigenvalue weighted by molar-refractivity contribution is 0.101. The van der Waals surface area contributed by atoms with Crippen LogP contribution in [0.1, 0.15) is 17.3 Å². The van der Waals surface area contributed by atoms with E-state index in [1.165, 1.54) is 6.92 Å². The largest absolute Gasteiger partial charge is 0.493 e. The molecule has 0 bridgehead atoms. The van der Waals surface area contributed by atoms with E-state index in [2.05, 4.69) is 6.58 Å². The standard InChI is InChI=1S/C12H14O3/c1-4-7-15-11-6-5-10(9(2)13)8-12(11)14-3/h4-6,8H,1,7H2,2-3H3. The number of benzene rings is 1. The molecule has 3 heteroatoms. The van der Waals surface area contributed by atoms with E-state index in [9.17, 15) is 4.79 Å². The molecule has 0 amide bonds. The average molecular weight is 206 g/mol. The first kappa shape index (κ1) is 11.3. The summed E-state index contributed by atoms with van der Waals surface area (Å²) in [6.45, 7) is 5.48. The maximum atomic E-state index is 11.1. The smallest absolute Gasteiger partial charge is 0.161 e. The van der Waals surface area contributed by atoms with E-state index >= 15 is 0 Å². The fourth-order valence-corrected chi connectivity index (χ4v) is 1.15. The monoisotopic (exact) mass is 206 g/mol. The van der Waals surface area contributed by atoms with Crippen molar-refractivity contribution in [3.8, 4) is 11.5 Å². The van der Waals surface area contributed by atoms with E-state index in [1.54, 1.807) is 31.4 Å². The summed E-state index contributed by atoms with van der Waals surface area (Å²) in [5.41, 5.74) is 0.609. The molecule has 0 saturated heterocycles. The maximum Gasteiger partial charge on any atom is 0.161 e. The molecule has 0 heterocycles. The molecule has 0 N–H and O–H groups in total. The highest BCUT2D eigenvalue weighted by Crippen LogP contribution is 2.28. The number of methoxy groups -OCH3 is 1. The molecule has 1 aromatic rings. The van der Waals surface area contributed by atoms with Crippen molar-refractivity contribution in [2.24, 2.45) is 0 Å². The van der Waals surface area contributed by atoms with Crippen molar-refractivity contribution in [2.45, 2.75) is 6.92 Å². The molecule has 15 heavy (non-hydrogen) atoms. The molecule has 0 unspecified atom stereocenters. The van der Waals surface area contributed by atoms with Crippen molar-refractivity contribution in [1.29, 1.82) is 0 Å². The van der Waals surface area contributed by atoms with Crippen LogP contribution in [0.4, 0.5) is 0 Å². The first-order valence-corrected chi connectivity index (χ1v) is 4.61. The molecular formula is C12H14O3. The van der Waals surface area contributed by atoms with Gasteiger partial charge in [0, 0.05) is 5.56 Å². The average Bonchev–Trinajstić information content (AvgIpc) is 2.25. The SMILES string of the molecule is C=CCOc1ccc(C(C)=O)cc1OC. The van der Waals surface area contributed by atoms with Crippen LogP contribution in [0.5, 0.6) is 11.5 Å². The van der Waals surface area contributed by atoms with Gasteiger partial charge in [0.25, 0.3) is 0 Å². The second-order valence-electron chi connectivity index (χ2n) is 3.02. The summed E-state index contributed by atoms with van der Waals surface area (Å²) in [6, 6.07) is 5.10. The molecule has 0 atom stereocenters. The van der Waals surface area contributed by atoms with Crippen LogP contribution in [0.25, 0.3) is 0 Å². The lowest BCUT2D eigenvalue weighted by atomic mass is 10.1. The number of ketones is 1. The number of hydrogen-bond donors (Lipinski definition) is 0. The van der Waals surface area contributed by atoms with E-state index in [4.69, 9.17) is 9.47 Å². The number of carbonyl (C=O) groups is 1.